The lowest BCUT2D eigenvalue weighted by atomic mass is 10.1. The summed E-state index contributed by atoms with van der Waals surface area (Å²) in [5, 5.41) is 5.96. The first-order valence-electron chi connectivity index (χ1n) is 9.06. The molecule has 1 heterocycles. The van der Waals surface area contributed by atoms with Gasteiger partial charge in [-0.1, -0.05) is 18.2 Å². The van der Waals surface area contributed by atoms with Crippen molar-refractivity contribution in [2.24, 2.45) is 4.99 Å². The zero-order valence-electron chi connectivity index (χ0n) is 15.6. The van der Waals surface area contributed by atoms with Crippen molar-refractivity contribution in [3.63, 3.8) is 0 Å². The smallest absolute Gasteiger partial charge is 0.308 e. The number of thioether (sulfide) groups is 1. The normalized spacial score (nSPS) is 12.3. The Kier molecular flexibility index (Phi) is 5.76. The van der Waals surface area contributed by atoms with E-state index in [0.29, 0.717) is 17.9 Å². The SMILES string of the molecule is O=C(Nc1cc(F)cc(F)c1)Nc1ccc2c(c1)N=C(SCc1ccc(F)cc1)C2. The summed E-state index contributed by atoms with van der Waals surface area (Å²) < 4.78 is 39.5. The third kappa shape index (κ3) is 5.01. The van der Waals surface area contributed by atoms with Gasteiger partial charge in [0.25, 0.3) is 0 Å². The van der Waals surface area contributed by atoms with E-state index in [1.807, 2.05) is 6.07 Å². The maximum Gasteiger partial charge on any atom is 0.323 e. The molecule has 3 aromatic rings. The first kappa shape index (κ1) is 20.0. The summed E-state index contributed by atoms with van der Waals surface area (Å²) in [6.07, 6.45) is 0.691. The number of rotatable bonds is 4. The fourth-order valence-corrected chi connectivity index (χ4v) is 3.93. The highest BCUT2D eigenvalue weighted by atomic mass is 32.2. The van der Waals surface area contributed by atoms with Crippen molar-refractivity contribution >= 4 is 39.9 Å². The molecule has 0 spiro atoms. The minimum absolute atomic E-state index is 0.0173. The predicted octanol–water partition coefficient (Wildman–Crippen LogP) is 6.27. The van der Waals surface area contributed by atoms with Crippen LogP contribution in [0, 0.1) is 17.5 Å². The Balaban J connectivity index is 1.37. The van der Waals surface area contributed by atoms with Crippen LogP contribution in [0.15, 0.2) is 65.7 Å². The molecule has 0 aliphatic carbocycles. The highest BCUT2D eigenvalue weighted by Gasteiger charge is 2.16. The minimum Gasteiger partial charge on any atom is -0.308 e. The van der Waals surface area contributed by atoms with Crippen molar-refractivity contribution in [1.82, 2.24) is 0 Å². The molecule has 1 aliphatic rings. The van der Waals surface area contributed by atoms with Gasteiger partial charge in [-0.15, -0.1) is 11.8 Å². The molecule has 0 radical (unpaired) electrons. The lowest BCUT2D eigenvalue weighted by molar-refractivity contribution is 0.262. The van der Waals surface area contributed by atoms with Crippen LogP contribution >= 0.6 is 11.8 Å². The third-order valence-electron chi connectivity index (χ3n) is 4.37. The minimum atomic E-state index is -0.775. The van der Waals surface area contributed by atoms with Crippen LogP contribution in [0.2, 0.25) is 0 Å². The van der Waals surface area contributed by atoms with E-state index in [1.165, 1.54) is 12.1 Å². The quantitative estimate of drug-likeness (QED) is 0.516. The summed E-state index contributed by atoms with van der Waals surface area (Å²) in [7, 11) is 0. The number of hydrogen-bond donors (Lipinski definition) is 2. The van der Waals surface area contributed by atoms with E-state index < -0.39 is 17.7 Å². The van der Waals surface area contributed by atoms with Crippen molar-refractivity contribution in [3.8, 4) is 0 Å². The standard InChI is InChI=1S/C22H16F3N3OS/c23-15-4-1-13(2-5-15)12-30-21-7-14-3-6-18(11-20(14)28-21)26-22(29)27-19-9-16(24)8-17(25)10-19/h1-6,8-11H,7,12H2,(H2,26,27,29). The highest BCUT2D eigenvalue weighted by molar-refractivity contribution is 8.13. The number of fused-ring (bicyclic) bond motifs is 1. The number of urea groups is 1. The zero-order valence-corrected chi connectivity index (χ0v) is 16.4. The molecule has 0 saturated carbocycles. The number of nitrogens with zero attached hydrogens (tertiary/aromatic N) is 1. The highest BCUT2D eigenvalue weighted by Crippen LogP contribution is 2.33. The molecule has 4 nitrogen and oxygen atoms in total. The van der Waals surface area contributed by atoms with Crippen LogP contribution in [0.3, 0.4) is 0 Å². The second-order valence-corrected chi connectivity index (χ2v) is 7.73. The molecule has 3 aromatic carbocycles. The number of anilines is 2. The summed E-state index contributed by atoms with van der Waals surface area (Å²) in [6, 6.07) is 13.9. The van der Waals surface area contributed by atoms with Crippen molar-refractivity contribution in [3.05, 3.63) is 89.2 Å². The van der Waals surface area contributed by atoms with Crippen molar-refractivity contribution in [2.75, 3.05) is 10.6 Å². The van der Waals surface area contributed by atoms with Crippen LogP contribution in [0.5, 0.6) is 0 Å². The topological polar surface area (TPSA) is 53.5 Å². The Labute approximate surface area is 175 Å². The maximum absolute atomic E-state index is 13.2. The monoisotopic (exact) mass is 427 g/mol. The molecule has 0 bridgehead atoms. The molecule has 2 amide bonds. The lowest BCUT2D eigenvalue weighted by Crippen LogP contribution is -2.19. The number of amides is 2. The summed E-state index contributed by atoms with van der Waals surface area (Å²) in [5.74, 6) is -1.13. The van der Waals surface area contributed by atoms with Gasteiger partial charge in [0.1, 0.15) is 17.5 Å². The van der Waals surface area contributed by atoms with Gasteiger partial charge < -0.3 is 10.6 Å². The first-order valence-corrected chi connectivity index (χ1v) is 10.0. The largest absolute Gasteiger partial charge is 0.323 e. The molecule has 2 N–H and O–H groups in total. The van der Waals surface area contributed by atoms with Crippen molar-refractivity contribution < 1.29 is 18.0 Å². The van der Waals surface area contributed by atoms with Gasteiger partial charge in [0.15, 0.2) is 0 Å². The molecule has 0 fully saturated rings. The molecule has 0 atom stereocenters. The van der Waals surface area contributed by atoms with Gasteiger partial charge in [-0.3, -0.25) is 0 Å². The number of halogens is 3. The second kappa shape index (κ2) is 8.62. The van der Waals surface area contributed by atoms with Gasteiger partial charge >= 0.3 is 6.03 Å². The summed E-state index contributed by atoms with van der Waals surface area (Å²) >= 11 is 1.58. The van der Waals surface area contributed by atoms with Crippen LogP contribution < -0.4 is 10.6 Å². The third-order valence-corrected chi connectivity index (χ3v) is 5.42. The Morgan fingerprint density at radius 2 is 1.57 bits per heavy atom. The zero-order chi connectivity index (χ0) is 21.1. The number of hydrogen-bond acceptors (Lipinski definition) is 3. The molecule has 4 rings (SSSR count). The van der Waals surface area contributed by atoms with E-state index in [1.54, 1.807) is 36.0 Å². The molecule has 152 valence electrons. The van der Waals surface area contributed by atoms with Crippen LogP contribution in [0.25, 0.3) is 0 Å². The van der Waals surface area contributed by atoms with Crippen molar-refractivity contribution in [1.29, 1.82) is 0 Å². The lowest BCUT2D eigenvalue weighted by Gasteiger charge is -2.09. The molecular weight excluding hydrogens is 411 g/mol. The van der Waals surface area contributed by atoms with Gasteiger partial charge in [0.05, 0.1) is 10.7 Å². The Bertz CT molecular complexity index is 1110. The van der Waals surface area contributed by atoms with E-state index in [9.17, 15) is 18.0 Å². The van der Waals surface area contributed by atoms with Gasteiger partial charge in [-0.25, -0.2) is 23.0 Å². The molecular formula is C22H16F3N3OS. The number of benzene rings is 3. The molecule has 0 unspecified atom stereocenters. The van der Waals surface area contributed by atoms with E-state index in [-0.39, 0.29) is 11.5 Å². The number of carbonyl (C=O) groups is 1. The Morgan fingerprint density at radius 3 is 2.30 bits per heavy atom. The summed E-state index contributed by atoms with van der Waals surface area (Å²) in [4.78, 5) is 16.7. The molecule has 0 saturated heterocycles. The van der Waals surface area contributed by atoms with Crippen LogP contribution in [-0.4, -0.2) is 11.1 Å². The summed E-state index contributed by atoms with van der Waals surface area (Å²) in [6.45, 7) is 0. The molecule has 8 heteroatoms. The predicted molar refractivity (Wildman–Crippen MR) is 114 cm³/mol. The van der Waals surface area contributed by atoms with Crippen LogP contribution in [0.4, 0.5) is 35.0 Å². The molecule has 1 aliphatic heterocycles. The fourth-order valence-electron chi connectivity index (χ4n) is 2.98. The van der Waals surface area contributed by atoms with Crippen molar-refractivity contribution in [2.45, 2.75) is 12.2 Å². The molecule has 0 aromatic heterocycles. The second-order valence-electron chi connectivity index (χ2n) is 6.68. The number of aliphatic imine (C=N–C) groups is 1. The first-order chi connectivity index (χ1) is 14.4. The number of nitrogens with one attached hydrogen (secondary N) is 2. The number of carbonyl (C=O) groups excluding carboxylic acids is 1. The van der Waals surface area contributed by atoms with Gasteiger partial charge in [0.2, 0.25) is 0 Å². The Morgan fingerprint density at radius 1 is 0.867 bits per heavy atom. The summed E-state index contributed by atoms with van der Waals surface area (Å²) in [5.41, 5.74) is 3.33. The fraction of sp³-hybridized carbons (Fsp3) is 0.0909. The molecule has 30 heavy (non-hydrogen) atoms. The van der Waals surface area contributed by atoms with Gasteiger partial charge in [-0.05, 0) is 47.5 Å². The van der Waals surface area contributed by atoms with Crippen LogP contribution in [-0.2, 0) is 12.2 Å². The van der Waals surface area contributed by atoms with Gasteiger partial charge in [0, 0.05) is 29.6 Å². The van der Waals surface area contributed by atoms with E-state index >= 15 is 0 Å². The van der Waals surface area contributed by atoms with E-state index in [2.05, 4.69) is 15.6 Å². The average molecular weight is 427 g/mol. The Hall–Kier alpha value is -3.26. The average Bonchev–Trinajstić information content (AvgIpc) is 3.09. The van der Waals surface area contributed by atoms with E-state index in [4.69, 9.17) is 0 Å². The van der Waals surface area contributed by atoms with Gasteiger partial charge in [-0.2, -0.15) is 0 Å². The van der Waals surface area contributed by atoms with Crippen LogP contribution in [0.1, 0.15) is 11.1 Å². The maximum atomic E-state index is 13.2. The van der Waals surface area contributed by atoms with E-state index in [0.717, 1.165) is 40.1 Å².